The molecule has 5 rings (SSSR count). The Kier molecular flexibility index (Phi) is 6.97. The number of aromatic nitrogens is 4. The van der Waals surface area contributed by atoms with E-state index in [0.717, 1.165) is 0 Å². The van der Waals surface area contributed by atoms with Gasteiger partial charge in [0.15, 0.2) is 11.1 Å². The van der Waals surface area contributed by atoms with Gasteiger partial charge in [-0.2, -0.15) is 15.5 Å². The van der Waals surface area contributed by atoms with Gasteiger partial charge in [0.1, 0.15) is 36.5 Å². The standard InChI is InChI=1S/C25H23N7O6/c26-9-14-1-5-16(6-2-14)32-24-18(11-30-32)23(27)31(13-28-24)29-10-15-3-7-17(8-4-15)37-25-22(36)21(35)20(34)19(12-33)38-25/h1-8,10-11,13,19-22,25,27,33-36H,12H2. The van der Waals surface area contributed by atoms with Crippen LogP contribution < -0.4 is 10.2 Å². The fraction of sp³-hybridized carbons (Fsp3) is 0.240. The Balaban J connectivity index is 1.30. The van der Waals surface area contributed by atoms with Gasteiger partial charge < -0.3 is 29.9 Å². The minimum atomic E-state index is -1.53. The lowest BCUT2D eigenvalue weighted by Gasteiger charge is -2.39. The average molecular weight is 518 g/mol. The Hall–Kier alpha value is -4.45. The molecule has 5 unspecified atom stereocenters. The van der Waals surface area contributed by atoms with Crippen LogP contribution in [-0.4, -0.2) is 83.4 Å². The van der Waals surface area contributed by atoms with Crippen molar-refractivity contribution in [2.45, 2.75) is 30.7 Å². The third-order valence-electron chi connectivity index (χ3n) is 6.07. The number of nitriles is 1. The van der Waals surface area contributed by atoms with Crippen molar-refractivity contribution < 1.29 is 29.9 Å². The summed E-state index contributed by atoms with van der Waals surface area (Å²) in [4.78, 5) is 4.40. The van der Waals surface area contributed by atoms with Crippen molar-refractivity contribution in [2.24, 2.45) is 5.10 Å². The van der Waals surface area contributed by atoms with Crippen LogP contribution >= 0.6 is 0 Å². The zero-order chi connectivity index (χ0) is 26.8. The number of hydrogen-bond donors (Lipinski definition) is 5. The van der Waals surface area contributed by atoms with Gasteiger partial charge in [0, 0.05) is 0 Å². The van der Waals surface area contributed by atoms with Gasteiger partial charge in [-0.15, -0.1) is 0 Å². The van der Waals surface area contributed by atoms with Gasteiger partial charge in [0.2, 0.25) is 6.29 Å². The monoisotopic (exact) mass is 517 g/mol. The highest BCUT2D eigenvalue weighted by atomic mass is 16.7. The van der Waals surface area contributed by atoms with E-state index in [1.54, 1.807) is 53.2 Å². The second kappa shape index (κ2) is 10.5. The molecule has 194 valence electrons. The van der Waals surface area contributed by atoms with Gasteiger partial charge in [-0.1, -0.05) is 0 Å². The molecule has 0 aliphatic carbocycles. The number of aliphatic hydroxyl groups is 4. The van der Waals surface area contributed by atoms with E-state index < -0.39 is 37.3 Å². The van der Waals surface area contributed by atoms with E-state index in [4.69, 9.17) is 20.1 Å². The SMILES string of the molecule is N#Cc1ccc(-n2ncc3c(=N)n(N=Cc4ccc(OC5OC(CO)C(O)C(O)C5O)cc4)cnc32)cc1. The van der Waals surface area contributed by atoms with Crippen molar-refractivity contribution in [3.05, 3.63) is 77.7 Å². The summed E-state index contributed by atoms with van der Waals surface area (Å²) >= 11 is 0. The number of nitrogens with zero attached hydrogens (tertiary/aromatic N) is 6. The highest BCUT2D eigenvalue weighted by Gasteiger charge is 2.44. The molecule has 0 bridgehead atoms. The number of ether oxygens (including phenoxy) is 2. The Bertz CT molecular complexity index is 1560. The van der Waals surface area contributed by atoms with E-state index in [0.29, 0.717) is 33.6 Å². The summed E-state index contributed by atoms with van der Waals surface area (Å²) in [5.41, 5.74) is 2.46. The normalized spacial score (nSPS) is 23.5. The first-order valence-electron chi connectivity index (χ1n) is 11.5. The Morgan fingerprint density at radius 3 is 2.50 bits per heavy atom. The lowest BCUT2D eigenvalue weighted by atomic mass is 9.99. The second-order valence-corrected chi connectivity index (χ2v) is 8.52. The van der Waals surface area contributed by atoms with Crippen LogP contribution in [0, 0.1) is 16.7 Å². The third-order valence-corrected chi connectivity index (χ3v) is 6.07. The third kappa shape index (κ3) is 4.77. The molecule has 2 aromatic heterocycles. The summed E-state index contributed by atoms with van der Waals surface area (Å²) in [6, 6.07) is 15.5. The van der Waals surface area contributed by atoms with E-state index in [1.165, 1.54) is 23.4 Å². The number of hydrogen-bond acceptors (Lipinski definition) is 11. The molecule has 0 radical (unpaired) electrons. The van der Waals surface area contributed by atoms with Gasteiger partial charge in [0.05, 0.1) is 41.7 Å². The fourth-order valence-electron chi connectivity index (χ4n) is 3.94. The first-order valence-corrected chi connectivity index (χ1v) is 11.5. The van der Waals surface area contributed by atoms with Crippen LogP contribution in [0.1, 0.15) is 11.1 Å². The number of rotatable bonds is 6. The van der Waals surface area contributed by atoms with Crippen molar-refractivity contribution in [3.63, 3.8) is 0 Å². The number of benzene rings is 2. The molecule has 1 aliphatic heterocycles. The first kappa shape index (κ1) is 25.2. The molecule has 2 aromatic carbocycles. The van der Waals surface area contributed by atoms with Crippen LogP contribution in [0.3, 0.4) is 0 Å². The molecular weight excluding hydrogens is 494 g/mol. The molecule has 0 spiro atoms. The lowest BCUT2D eigenvalue weighted by molar-refractivity contribution is -0.277. The highest BCUT2D eigenvalue weighted by Crippen LogP contribution is 2.24. The Morgan fingerprint density at radius 1 is 1.08 bits per heavy atom. The summed E-state index contributed by atoms with van der Waals surface area (Å²) in [6.45, 7) is -0.549. The summed E-state index contributed by atoms with van der Waals surface area (Å²) < 4.78 is 13.8. The molecule has 1 aliphatic rings. The molecule has 38 heavy (non-hydrogen) atoms. The first-order chi connectivity index (χ1) is 18.4. The van der Waals surface area contributed by atoms with Gasteiger partial charge in [-0.05, 0) is 54.1 Å². The van der Waals surface area contributed by atoms with E-state index in [1.807, 2.05) is 0 Å². The maximum Gasteiger partial charge on any atom is 0.229 e. The molecule has 13 heteroatoms. The summed E-state index contributed by atoms with van der Waals surface area (Å²) in [7, 11) is 0. The van der Waals surface area contributed by atoms with Crippen LogP contribution in [0.2, 0.25) is 0 Å². The molecule has 5 atom stereocenters. The molecule has 0 saturated carbocycles. The largest absolute Gasteiger partial charge is 0.462 e. The van der Waals surface area contributed by atoms with E-state index in [2.05, 4.69) is 21.3 Å². The Labute approximate surface area is 215 Å². The smallest absolute Gasteiger partial charge is 0.229 e. The molecule has 3 heterocycles. The van der Waals surface area contributed by atoms with Gasteiger partial charge in [-0.3, -0.25) is 5.41 Å². The maximum absolute atomic E-state index is 10.1. The van der Waals surface area contributed by atoms with Gasteiger partial charge in [0.25, 0.3) is 0 Å². The molecule has 13 nitrogen and oxygen atoms in total. The summed E-state index contributed by atoms with van der Waals surface area (Å²) in [5.74, 6) is 0.318. The zero-order valence-electron chi connectivity index (χ0n) is 19.7. The topological polar surface area (TPSA) is 195 Å². The molecule has 0 amide bonds. The van der Waals surface area contributed by atoms with Crippen molar-refractivity contribution >= 4 is 17.2 Å². The molecular formula is C25H23N7O6. The molecule has 1 fully saturated rings. The Morgan fingerprint density at radius 2 is 1.82 bits per heavy atom. The van der Waals surface area contributed by atoms with Crippen LogP contribution in [0.25, 0.3) is 16.7 Å². The second-order valence-electron chi connectivity index (χ2n) is 8.52. The zero-order valence-corrected chi connectivity index (χ0v) is 19.7. The minimum absolute atomic E-state index is 0.0775. The van der Waals surface area contributed by atoms with E-state index in [9.17, 15) is 20.4 Å². The average Bonchev–Trinajstić information content (AvgIpc) is 3.39. The molecule has 4 aromatic rings. The predicted octanol–water partition coefficient (Wildman–Crippen LogP) is -0.366. The van der Waals surface area contributed by atoms with Crippen LogP contribution in [-0.2, 0) is 4.74 Å². The summed E-state index contributed by atoms with van der Waals surface area (Å²) in [5, 5.41) is 65.8. The van der Waals surface area contributed by atoms with Crippen molar-refractivity contribution in [3.8, 4) is 17.5 Å². The van der Waals surface area contributed by atoms with Crippen molar-refractivity contribution in [1.82, 2.24) is 19.4 Å². The lowest BCUT2D eigenvalue weighted by Crippen LogP contribution is -2.60. The quantitative estimate of drug-likeness (QED) is 0.212. The highest BCUT2D eigenvalue weighted by molar-refractivity contribution is 5.80. The van der Waals surface area contributed by atoms with Gasteiger partial charge >= 0.3 is 0 Å². The van der Waals surface area contributed by atoms with Gasteiger partial charge in [-0.25, -0.2) is 14.3 Å². The van der Waals surface area contributed by atoms with Crippen LogP contribution in [0.15, 0.2) is 66.2 Å². The predicted molar refractivity (Wildman–Crippen MR) is 131 cm³/mol. The van der Waals surface area contributed by atoms with Crippen LogP contribution in [0.4, 0.5) is 0 Å². The molecule has 5 N–H and O–H groups in total. The summed E-state index contributed by atoms with van der Waals surface area (Å²) in [6.07, 6.45) is -2.40. The van der Waals surface area contributed by atoms with Crippen molar-refractivity contribution in [1.29, 1.82) is 10.7 Å². The number of nitrogens with one attached hydrogen (secondary N) is 1. The number of fused-ring (bicyclic) bond motifs is 1. The number of aliphatic hydroxyl groups excluding tert-OH is 4. The van der Waals surface area contributed by atoms with E-state index >= 15 is 0 Å². The van der Waals surface area contributed by atoms with E-state index in [-0.39, 0.29) is 5.49 Å². The fourth-order valence-corrected chi connectivity index (χ4v) is 3.94. The minimum Gasteiger partial charge on any atom is -0.462 e. The molecule has 1 saturated heterocycles. The van der Waals surface area contributed by atoms with Crippen molar-refractivity contribution in [2.75, 3.05) is 6.61 Å². The maximum atomic E-state index is 10.1. The van der Waals surface area contributed by atoms with Crippen LogP contribution in [0.5, 0.6) is 5.75 Å².